The summed E-state index contributed by atoms with van der Waals surface area (Å²) in [4.78, 5) is 0. The smallest absolute Gasteiger partial charge is 0.145 e. The van der Waals surface area contributed by atoms with Crippen molar-refractivity contribution in [2.24, 2.45) is 11.8 Å². The topological polar surface area (TPSA) is 55.5 Å². The Hall–Kier alpha value is -1.44. The molecule has 1 aromatic heterocycles. The molecule has 1 N–H and O–H groups in total. The lowest BCUT2D eigenvalue weighted by Gasteiger charge is -2.43. The summed E-state index contributed by atoms with van der Waals surface area (Å²) in [7, 11) is 0. The Morgan fingerprint density at radius 1 is 1.09 bits per heavy atom. The van der Waals surface area contributed by atoms with Gasteiger partial charge in [0.15, 0.2) is 0 Å². The van der Waals surface area contributed by atoms with Crippen LogP contribution < -0.4 is 0 Å². The first kappa shape index (κ1) is 23.9. The maximum absolute atomic E-state index is 14.8. The normalized spacial score (nSPS) is 28.0. The van der Waals surface area contributed by atoms with Crippen molar-refractivity contribution < 1.29 is 18.8 Å². The number of benzene rings is 2. The number of hydrogen-bond donors (Lipinski definition) is 1. The lowest BCUT2D eigenvalue weighted by atomic mass is 9.69. The van der Waals surface area contributed by atoms with Gasteiger partial charge in [-0.15, -0.1) is 0 Å². The Morgan fingerprint density at radius 3 is 2.40 bits per heavy atom. The quantitative estimate of drug-likeness (QED) is 0.321. The molecule has 0 aliphatic heterocycles. The van der Waals surface area contributed by atoms with Gasteiger partial charge < -0.3 is 14.4 Å². The average Bonchev–Trinajstić information content (AvgIpc) is 3.56. The molecule has 0 saturated heterocycles. The van der Waals surface area contributed by atoms with E-state index in [1.165, 1.54) is 6.07 Å². The predicted molar refractivity (Wildman–Crippen MR) is 136 cm³/mol. The van der Waals surface area contributed by atoms with E-state index in [0.717, 1.165) is 37.0 Å². The van der Waals surface area contributed by atoms with Crippen molar-refractivity contribution in [2.45, 2.75) is 62.8 Å². The number of rotatable bonds is 6. The molecule has 2 bridgehead atoms. The number of aromatic nitrogens is 1. The number of halogens is 4. The zero-order valence-electron chi connectivity index (χ0n) is 18.9. The zero-order valence-corrected chi connectivity index (χ0v) is 22.0. The Bertz CT molecular complexity index is 1240. The molecule has 2 aromatic carbocycles. The molecule has 3 fully saturated rings. The highest BCUT2D eigenvalue weighted by Crippen LogP contribution is 2.56. The van der Waals surface area contributed by atoms with Gasteiger partial charge in [-0.2, -0.15) is 0 Å². The van der Waals surface area contributed by atoms with E-state index >= 15 is 0 Å². The van der Waals surface area contributed by atoms with Crippen LogP contribution in [0.2, 0.25) is 10.0 Å². The van der Waals surface area contributed by atoms with Gasteiger partial charge >= 0.3 is 0 Å². The van der Waals surface area contributed by atoms with Gasteiger partial charge in [0.2, 0.25) is 0 Å². The van der Waals surface area contributed by atoms with Gasteiger partial charge in [0.1, 0.15) is 17.3 Å². The van der Waals surface area contributed by atoms with Gasteiger partial charge in [-0.25, -0.2) is 4.39 Å². The number of ether oxygens (including phenoxy) is 1. The van der Waals surface area contributed by atoms with E-state index in [9.17, 15) is 9.50 Å². The second kappa shape index (κ2) is 9.14. The van der Waals surface area contributed by atoms with E-state index in [1.54, 1.807) is 30.3 Å². The summed E-state index contributed by atoms with van der Waals surface area (Å²) < 4.78 is 27.7. The van der Waals surface area contributed by atoms with Gasteiger partial charge in [0.05, 0.1) is 28.4 Å². The summed E-state index contributed by atoms with van der Waals surface area (Å²) in [6.07, 6.45) is 5.16. The molecular formula is C27H25BrCl2FNO3. The van der Waals surface area contributed by atoms with Crippen LogP contribution in [-0.2, 0) is 16.9 Å². The molecule has 4 nitrogen and oxygen atoms in total. The van der Waals surface area contributed by atoms with Crippen LogP contribution in [0.3, 0.4) is 0 Å². The maximum Gasteiger partial charge on any atom is 0.145 e. The van der Waals surface area contributed by atoms with Crippen LogP contribution in [0.15, 0.2) is 45.4 Å². The van der Waals surface area contributed by atoms with E-state index < -0.39 is 5.60 Å². The van der Waals surface area contributed by atoms with Crippen LogP contribution in [0.25, 0.3) is 11.3 Å². The fraction of sp³-hybridized carbons (Fsp3) is 0.444. The van der Waals surface area contributed by atoms with E-state index in [1.807, 2.05) is 0 Å². The molecule has 1 heterocycles. The first-order valence-electron chi connectivity index (χ1n) is 12.1. The molecule has 3 aliphatic rings. The maximum atomic E-state index is 14.8. The molecule has 3 saturated carbocycles. The minimum absolute atomic E-state index is 0.0391. The Labute approximate surface area is 221 Å². The second-order valence-electron chi connectivity index (χ2n) is 10.1. The lowest BCUT2D eigenvalue weighted by Crippen LogP contribution is -2.45. The molecule has 0 amide bonds. The molecule has 8 heteroatoms. The second-order valence-corrected chi connectivity index (χ2v) is 11.8. The highest BCUT2D eigenvalue weighted by Gasteiger charge is 2.55. The Balaban J connectivity index is 1.24. The molecule has 184 valence electrons. The minimum atomic E-state index is -1.16. The van der Waals surface area contributed by atoms with Crippen LogP contribution in [0.1, 0.15) is 61.3 Å². The van der Waals surface area contributed by atoms with Crippen molar-refractivity contribution in [1.82, 2.24) is 5.16 Å². The van der Waals surface area contributed by atoms with Gasteiger partial charge in [0, 0.05) is 27.1 Å². The highest BCUT2D eigenvalue weighted by atomic mass is 79.9. The first-order chi connectivity index (χ1) is 16.9. The van der Waals surface area contributed by atoms with Crippen molar-refractivity contribution in [2.75, 3.05) is 0 Å². The summed E-state index contributed by atoms with van der Waals surface area (Å²) in [5.41, 5.74) is 1.44. The molecule has 0 radical (unpaired) electrons. The monoisotopic (exact) mass is 579 g/mol. The summed E-state index contributed by atoms with van der Waals surface area (Å²) in [5, 5.41) is 17.1. The summed E-state index contributed by atoms with van der Waals surface area (Å²) in [6.45, 7) is 0.335. The number of hydrogen-bond acceptors (Lipinski definition) is 4. The molecule has 0 unspecified atom stereocenters. The van der Waals surface area contributed by atoms with Crippen molar-refractivity contribution in [1.29, 1.82) is 0 Å². The molecule has 35 heavy (non-hydrogen) atoms. The highest BCUT2D eigenvalue weighted by molar-refractivity contribution is 9.10. The predicted octanol–water partition coefficient (Wildman–Crippen LogP) is 8.02. The van der Waals surface area contributed by atoms with E-state index in [4.69, 9.17) is 32.5 Å². The molecule has 3 aromatic rings. The molecule has 4 atom stereocenters. The SMILES string of the molecule is O[C@@]1(c2ccc(Br)cc2F)[C@@H]2CC[C@H]1C[C@@H](OCc1c(-c3c(Cl)cccc3Cl)noc1C1CC1)C2. The number of aliphatic hydroxyl groups is 1. The van der Waals surface area contributed by atoms with Gasteiger partial charge in [-0.3, -0.25) is 0 Å². The summed E-state index contributed by atoms with van der Waals surface area (Å²) in [5.74, 6) is 0.736. The zero-order chi connectivity index (χ0) is 24.3. The largest absolute Gasteiger partial charge is 0.384 e. The van der Waals surface area contributed by atoms with E-state index in [2.05, 4.69) is 21.1 Å². The van der Waals surface area contributed by atoms with E-state index in [0.29, 0.717) is 56.7 Å². The lowest BCUT2D eigenvalue weighted by molar-refractivity contribution is -0.117. The molecule has 0 spiro atoms. The Morgan fingerprint density at radius 2 is 1.77 bits per heavy atom. The number of nitrogens with zero attached hydrogens (tertiary/aromatic N) is 1. The third-order valence-electron chi connectivity index (χ3n) is 8.00. The fourth-order valence-electron chi connectivity index (χ4n) is 6.14. The minimum Gasteiger partial charge on any atom is -0.384 e. The van der Waals surface area contributed by atoms with Crippen LogP contribution >= 0.6 is 39.1 Å². The summed E-state index contributed by atoms with van der Waals surface area (Å²) in [6, 6.07) is 10.3. The molecule has 6 rings (SSSR count). The van der Waals surface area contributed by atoms with Gasteiger partial charge in [-0.05, 0) is 74.6 Å². The number of fused-ring (bicyclic) bond motifs is 2. The van der Waals surface area contributed by atoms with Crippen LogP contribution in [0, 0.1) is 17.7 Å². The average molecular weight is 581 g/mol. The third kappa shape index (κ3) is 4.15. The van der Waals surface area contributed by atoms with Crippen molar-refractivity contribution >= 4 is 39.1 Å². The first-order valence-corrected chi connectivity index (χ1v) is 13.6. The van der Waals surface area contributed by atoms with Crippen LogP contribution in [0.5, 0.6) is 0 Å². The third-order valence-corrected chi connectivity index (χ3v) is 9.12. The van der Waals surface area contributed by atoms with Crippen molar-refractivity contribution in [3.63, 3.8) is 0 Å². The molecule has 3 aliphatic carbocycles. The fourth-order valence-corrected chi connectivity index (χ4v) is 7.05. The van der Waals surface area contributed by atoms with Crippen molar-refractivity contribution in [3.05, 3.63) is 73.6 Å². The molecular weight excluding hydrogens is 556 g/mol. The van der Waals surface area contributed by atoms with E-state index in [-0.39, 0.29) is 23.8 Å². The van der Waals surface area contributed by atoms with Crippen LogP contribution in [0.4, 0.5) is 4.39 Å². The van der Waals surface area contributed by atoms with Gasteiger partial charge in [0.25, 0.3) is 0 Å². The summed E-state index contributed by atoms with van der Waals surface area (Å²) >= 11 is 16.3. The van der Waals surface area contributed by atoms with Gasteiger partial charge in [-0.1, -0.05) is 56.4 Å². The van der Waals surface area contributed by atoms with Crippen molar-refractivity contribution in [3.8, 4) is 11.3 Å². The van der Waals surface area contributed by atoms with Crippen LogP contribution in [-0.4, -0.2) is 16.4 Å². The Kier molecular flexibility index (Phi) is 6.25. The standard InChI is InChI=1S/C27H25BrCl2FNO3/c28-17-8-9-20(23(31)12-17)27(33)15-6-7-16(27)11-18(10-15)34-13-19-25(32-35-26(19)14-4-5-14)24-21(29)2-1-3-22(24)30/h1-3,8-9,12,14-16,18,33H,4-7,10-11,13H2/t15-,16+,18+,27+.